The number of piperidine rings is 1. The van der Waals surface area contributed by atoms with E-state index in [0.29, 0.717) is 11.7 Å². The molecule has 1 amide bonds. The summed E-state index contributed by atoms with van der Waals surface area (Å²) in [6, 6.07) is 3.61. The predicted octanol–water partition coefficient (Wildman–Crippen LogP) is 1.89. The molecule has 98 valence electrons. The molecule has 1 fully saturated rings. The van der Waals surface area contributed by atoms with E-state index < -0.39 is 6.09 Å². The van der Waals surface area contributed by atoms with Gasteiger partial charge in [-0.25, -0.2) is 4.79 Å². The molecular weight excluding hydrogens is 232 g/mol. The maximum atomic E-state index is 11.0. The van der Waals surface area contributed by atoms with Gasteiger partial charge in [-0.05, 0) is 30.9 Å². The standard InChI is InChI=1S/C12H18N4O2/c1-9-4-3-7-16(8-9)11-6-5-10(14-15-11)13-12(17)18-2/h5-6,9H,3-4,7-8H2,1-2H3,(H,13,14,17). The first-order valence-electron chi connectivity index (χ1n) is 6.12. The van der Waals surface area contributed by atoms with Gasteiger partial charge in [-0.15, -0.1) is 10.2 Å². The van der Waals surface area contributed by atoms with E-state index in [2.05, 4.69) is 32.1 Å². The number of carbonyl (C=O) groups excluding carboxylic acids is 1. The van der Waals surface area contributed by atoms with Crippen LogP contribution in [-0.2, 0) is 4.74 Å². The van der Waals surface area contributed by atoms with Crippen LogP contribution < -0.4 is 10.2 Å². The molecule has 1 unspecified atom stereocenters. The first-order valence-corrected chi connectivity index (χ1v) is 6.12. The lowest BCUT2D eigenvalue weighted by molar-refractivity contribution is 0.187. The third kappa shape index (κ3) is 3.09. The molecule has 0 aromatic carbocycles. The van der Waals surface area contributed by atoms with Gasteiger partial charge in [-0.1, -0.05) is 6.92 Å². The molecule has 6 heteroatoms. The van der Waals surface area contributed by atoms with Crippen LogP contribution in [0.4, 0.5) is 16.4 Å². The number of hydrogen-bond acceptors (Lipinski definition) is 5. The Balaban J connectivity index is 2.00. The first kappa shape index (κ1) is 12.6. The van der Waals surface area contributed by atoms with Crippen molar-refractivity contribution in [3.63, 3.8) is 0 Å². The van der Waals surface area contributed by atoms with Gasteiger partial charge in [0.2, 0.25) is 0 Å². The number of nitrogens with one attached hydrogen (secondary N) is 1. The lowest BCUT2D eigenvalue weighted by Crippen LogP contribution is -2.34. The summed E-state index contributed by atoms with van der Waals surface area (Å²) in [5.74, 6) is 1.95. The van der Waals surface area contributed by atoms with E-state index in [0.717, 1.165) is 18.9 Å². The van der Waals surface area contributed by atoms with E-state index in [1.54, 1.807) is 6.07 Å². The Morgan fingerprint density at radius 3 is 2.94 bits per heavy atom. The first-order chi connectivity index (χ1) is 8.69. The smallest absolute Gasteiger partial charge is 0.412 e. The molecule has 0 spiro atoms. The van der Waals surface area contributed by atoms with E-state index in [9.17, 15) is 4.79 Å². The Kier molecular flexibility index (Phi) is 3.96. The highest BCUT2D eigenvalue weighted by Crippen LogP contribution is 2.21. The fraction of sp³-hybridized carbons (Fsp3) is 0.583. The van der Waals surface area contributed by atoms with Crippen LogP contribution in [-0.4, -0.2) is 36.5 Å². The molecule has 1 aromatic heterocycles. The lowest BCUT2D eigenvalue weighted by atomic mass is 10.0. The van der Waals surface area contributed by atoms with Crippen molar-refractivity contribution in [3.8, 4) is 0 Å². The van der Waals surface area contributed by atoms with Gasteiger partial charge in [-0.3, -0.25) is 5.32 Å². The van der Waals surface area contributed by atoms with Crippen LogP contribution in [0.1, 0.15) is 19.8 Å². The minimum absolute atomic E-state index is 0.399. The van der Waals surface area contributed by atoms with Crippen LogP contribution in [0.3, 0.4) is 0 Å². The SMILES string of the molecule is COC(=O)Nc1ccc(N2CCCC(C)C2)nn1. The van der Waals surface area contributed by atoms with Crippen LogP contribution in [0.5, 0.6) is 0 Å². The van der Waals surface area contributed by atoms with Crippen molar-refractivity contribution >= 4 is 17.7 Å². The van der Waals surface area contributed by atoms with E-state index in [1.165, 1.54) is 20.0 Å². The van der Waals surface area contributed by atoms with Crippen molar-refractivity contribution in [2.24, 2.45) is 5.92 Å². The van der Waals surface area contributed by atoms with Crippen molar-refractivity contribution in [2.75, 3.05) is 30.4 Å². The number of rotatable bonds is 2. The molecular formula is C12H18N4O2. The van der Waals surface area contributed by atoms with Gasteiger partial charge >= 0.3 is 6.09 Å². The molecule has 1 N–H and O–H groups in total. The number of aromatic nitrogens is 2. The zero-order valence-electron chi connectivity index (χ0n) is 10.7. The lowest BCUT2D eigenvalue weighted by Gasteiger charge is -2.31. The number of ether oxygens (including phenoxy) is 1. The summed E-state index contributed by atoms with van der Waals surface area (Å²) in [6.07, 6.45) is 1.92. The number of hydrogen-bond donors (Lipinski definition) is 1. The second-order valence-electron chi connectivity index (χ2n) is 4.59. The molecule has 0 radical (unpaired) electrons. The van der Waals surface area contributed by atoms with Gasteiger partial charge in [0.05, 0.1) is 7.11 Å². The molecule has 1 aliphatic heterocycles. The predicted molar refractivity (Wildman–Crippen MR) is 68.7 cm³/mol. The number of methoxy groups -OCH3 is 1. The van der Waals surface area contributed by atoms with E-state index in [1.807, 2.05) is 6.07 Å². The summed E-state index contributed by atoms with van der Waals surface area (Å²) in [6.45, 7) is 4.27. The Hall–Kier alpha value is -1.85. The zero-order valence-corrected chi connectivity index (χ0v) is 10.7. The normalized spacial score (nSPS) is 19.4. The van der Waals surface area contributed by atoms with Crippen molar-refractivity contribution in [1.29, 1.82) is 0 Å². The largest absolute Gasteiger partial charge is 0.453 e. The minimum atomic E-state index is -0.538. The molecule has 1 aliphatic rings. The average Bonchev–Trinajstić information content (AvgIpc) is 2.39. The van der Waals surface area contributed by atoms with Crippen molar-refractivity contribution in [3.05, 3.63) is 12.1 Å². The van der Waals surface area contributed by atoms with E-state index >= 15 is 0 Å². The molecule has 0 aliphatic carbocycles. The number of amides is 1. The highest BCUT2D eigenvalue weighted by Gasteiger charge is 2.17. The molecule has 6 nitrogen and oxygen atoms in total. The fourth-order valence-corrected chi connectivity index (χ4v) is 2.11. The summed E-state index contributed by atoms with van der Waals surface area (Å²) in [5.41, 5.74) is 0. The maximum Gasteiger partial charge on any atom is 0.412 e. The second-order valence-corrected chi connectivity index (χ2v) is 4.59. The molecule has 1 atom stereocenters. The summed E-state index contributed by atoms with van der Waals surface area (Å²) in [7, 11) is 1.31. The number of anilines is 2. The second kappa shape index (κ2) is 5.66. The van der Waals surface area contributed by atoms with Gasteiger partial charge in [-0.2, -0.15) is 0 Å². The van der Waals surface area contributed by atoms with Crippen molar-refractivity contribution in [2.45, 2.75) is 19.8 Å². The zero-order chi connectivity index (χ0) is 13.0. The highest BCUT2D eigenvalue weighted by atomic mass is 16.5. The fourth-order valence-electron chi connectivity index (χ4n) is 2.11. The van der Waals surface area contributed by atoms with E-state index in [-0.39, 0.29) is 0 Å². The van der Waals surface area contributed by atoms with Gasteiger partial charge in [0.1, 0.15) is 0 Å². The third-order valence-electron chi connectivity index (χ3n) is 3.05. The highest BCUT2D eigenvalue weighted by molar-refractivity contribution is 5.83. The summed E-state index contributed by atoms with van der Waals surface area (Å²) < 4.78 is 4.49. The number of nitrogens with zero attached hydrogens (tertiary/aromatic N) is 3. The average molecular weight is 250 g/mol. The van der Waals surface area contributed by atoms with Crippen LogP contribution >= 0.6 is 0 Å². The van der Waals surface area contributed by atoms with Crippen LogP contribution in [0.25, 0.3) is 0 Å². The van der Waals surface area contributed by atoms with Crippen LogP contribution in [0, 0.1) is 5.92 Å². The quantitative estimate of drug-likeness (QED) is 0.868. The Labute approximate surface area is 106 Å². The topological polar surface area (TPSA) is 67.3 Å². The van der Waals surface area contributed by atoms with Gasteiger partial charge in [0.25, 0.3) is 0 Å². The van der Waals surface area contributed by atoms with Gasteiger partial charge in [0, 0.05) is 13.1 Å². The Morgan fingerprint density at radius 1 is 1.50 bits per heavy atom. The molecule has 1 saturated heterocycles. The van der Waals surface area contributed by atoms with Crippen LogP contribution in [0.2, 0.25) is 0 Å². The molecule has 0 saturated carbocycles. The molecule has 2 heterocycles. The summed E-state index contributed by atoms with van der Waals surface area (Å²) in [5, 5.41) is 10.6. The Bertz CT molecular complexity index is 407. The molecule has 18 heavy (non-hydrogen) atoms. The summed E-state index contributed by atoms with van der Waals surface area (Å²) >= 11 is 0. The molecule has 2 rings (SSSR count). The molecule has 0 bridgehead atoms. The molecule has 1 aromatic rings. The van der Waals surface area contributed by atoms with Gasteiger partial charge in [0.15, 0.2) is 11.6 Å². The number of carbonyl (C=O) groups is 1. The third-order valence-corrected chi connectivity index (χ3v) is 3.05. The van der Waals surface area contributed by atoms with Crippen molar-refractivity contribution in [1.82, 2.24) is 10.2 Å². The monoisotopic (exact) mass is 250 g/mol. The van der Waals surface area contributed by atoms with Gasteiger partial charge < -0.3 is 9.64 Å². The van der Waals surface area contributed by atoms with E-state index in [4.69, 9.17) is 0 Å². The maximum absolute atomic E-state index is 11.0. The van der Waals surface area contributed by atoms with Crippen molar-refractivity contribution < 1.29 is 9.53 Å². The summed E-state index contributed by atoms with van der Waals surface area (Å²) in [4.78, 5) is 13.2. The minimum Gasteiger partial charge on any atom is -0.453 e. The van der Waals surface area contributed by atoms with Crippen LogP contribution in [0.15, 0.2) is 12.1 Å². The Morgan fingerprint density at radius 2 is 2.33 bits per heavy atom.